The van der Waals surface area contributed by atoms with Crippen LogP contribution in [0.5, 0.6) is 0 Å². The Morgan fingerprint density at radius 1 is 1.25 bits per heavy atom. The van der Waals surface area contributed by atoms with Crippen LogP contribution in [0.15, 0.2) is 0 Å². The average Bonchev–Trinajstić information content (AvgIpc) is 2.20. The lowest BCUT2D eigenvalue weighted by Crippen LogP contribution is -2.42. The van der Waals surface area contributed by atoms with Crippen LogP contribution in [-0.4, -0.2) is 55.4 Å². The van der Waals surface area contributed by atoms with E-state index in [9.17, 15) is 0 Å². The Bertz CT molecular complexity index is 196. The lowest BCUT2D eigenvalue weighted by atomic mass is 9.92. The number of halogens is 1. The molecule has 1 saturated heterocycles. The van der Waals surface area contributed by atoms with Gasteiger partial charge >= 0.3 is 0 Å². The summed E-state index contributed by atoms with van der Waals surface area (Å²) in [6.07, 6.45) is 2.74. The molecule has 0 aromatic heterocycles. The van der Waals surface area contributed by atoms with E-state index in [-0.39, 0.29) is 0 Å². The molecule has 0 amide bonds. The second kappa shape index (κ2) is 6.36. The van der Waals surface area contributed by atoms with Crippen LogP contribution < -0.4 is 0 Å². The lowest BCUT2D eigenvalue weighted by molar-refractivity contribution is 0.127. The predicted molar refractivity (Wildman–Crippen MR) is 75.3 cm³/mol. The molecule has 0 aliphatic carbocycles. The Labute approximate surface area is 109 Å². The Balaban J connectivity index is 2.27. The first-order valence-corrected chi connectivity index (χ1v) is 7.48. The van der Waals surface area contributed by atoms with Gasteiger partial charge in [-0.25, -0.2) is 0 Å². The Morgan fingerprint density at radius 3 is 2.25 bits per heavy atom. The van der Waals surface area contributed by atoms with E-state index in [2.05, 4.69) is 53.7 Å². The van der Waals surface area contributed by atoms with E-state index < -0.39 is 0 Å². The van der Waals surface area contributed by atoms with E-state index in [0.717, 1.165) is 11.2 Å². The zero-order valence-electron chi connectivity index (χ0n) is 11.3. The molecule has 0 atom stereocenters. The van der Waals surface area contributed by atoms with Crippen molar-refractivity contribution in [2.24, 2.45) is 11.3 Å². The number of rotatable bonds is 5. The standard InChI is InChI=1S/C13H27BrN2/c1-13(2,10-14)11-16-7-5-12(6-8-16)9-15(3)4/h12H,5-11H2,1-4H3. The van der Waals surface area contributed by atoms with Gasteiger partial charge in [-0.1, -0.05) is 29.8 Å². The van der Waals surface area contributed by atoms with Gasteiger partial charge < -0.3 is 9.80 Å². The minimum absolute atomic E-state index is 0.411. The van der Waals surface area contributed by atoms with E-state index >= 15 is 0 Å². The van der Waals surface area contributed by atoms with Gasteiger partial charge in [0.1, 0.15) is 0 Å². The lowest BCUT2D eigenvalue weighted by Gasteiger charge is -2.37. The summed E-state index contributed by atoms with van der Waals surface area (Å²) >= 11 is 3.61. The summed E-state index contributed by atoms with van der Waals surface area (Å²) in [5.41, 5.74) is 0.411. The molecule has 2 nitrogen and oxygen atoms in total. The third kappa shape index (κ3) is 5.15. The molecule has 1 heterocycles. The van der Waals surface area contributed by atoms with Crippen LogP contribution >= 0.6 is 15.9 Å². The highest BCUT2D eigenvalue weighted by molar-refractivity contribution is 9.09. The van der Waals surface area contributed by atoms with Gasteiger partial charge in [-0.15, -0.1) is 0 Å². The maximum atomic E-state index is 3.61. The summed E-state index contributed by atoms with van der Waals surface area (Å²) in [5, 5.41) is 1.09. The molecule has 16 heavy (non-hydrogen) atoms. The van der Waals surface area contributed by atoms with Gasteiger partial charge in [0.15, 0.2) is 0 Å². The minimum atomic E-state index is 0.411. The van der Waals surface area contributed by atoms with Crippen molar-refractivity contribution in [2.75, 3.05) is 45.6 Å². The number of piperidine rings is 1. The predicted octanol–water partition coefficient (Wildman–Crippen LogP) is 2.68. The molecule has 0 bridgehead atoms. The molecule has 0 aromatic carbocycles. The highest BCUT2D eigenvalue weighted by atomic mass is 79.9. The first kappa shape index (κ1) is 14.5. The smallest absolute Gasteiger partial charge is 0.00949 e. The summed E-state index contributed by atoms with van der Waals surface area (Å²) in [4.78, 5) is 4.95. The molecule has 0 aromatic rings. The molecular formula is C13H27BrN2. The number of nitrogens with zero attached hydrogens (tertiary/aromatic N) is 2. The molecule has 0 radical (unpaired) electrons. The first-order chi connectivity index (χ1) is 7.43. The van der Waals surface area contributed by atoms with Crippen molar-refractivity contribution in [3.8, 4) is 0 Å². The van der Waals surface area contributed by atoms with Crippen molar-refractivity contribution in [1.29, 1.82) is 0 Å². The largest absolute Gasteiger partial charge is 0.309 e. The quantitative estimate of drug-likeness (QED) is 0.719. The van der Waals surface area contributed by atoms with Crippen molar-refractivity contribution in [3.63, 3.8) is 0 Å². The van der Waals surface area contributed by atoms with Crippen LogP contribution in [-0.2, 0) is 0 Å². The summed E-state index contributed by atoms with van der Waals surface area (Å²) in [6, 6.07) is 0. The highest BCUT2D eigenvalue weighted by Gasteiger charge is 2.25. The fourth-order valence-corrected chi connectivity index (χ4v) is 2.67. The third-order valence-electron chi connectivity index (χ3n) is 3.34. The Kier molecular flexibility index (Phi) is 5.75. The maximum Gasteiger partial charge on any atom is 0.00949 e. The molecule has 1 aliphatic rings. The summed E-state index contributed by atoms with van der Waals surface area (Å²) in [6.45, 7) is 9.74. The van der Waals surface area contributed by atoms with Gasteiger partial charge in [0, 0.05) is 18.4 Å². The fourth-order valence-electron chi connectivity index (χ4n) is 2.49. The topological polar surface area (TPSA) is 6.48 Å². The van der Waals surface area contributed by atoms with Gasteiger partial charge in [0.05, 0.1) is 0 Å². The number of hydrogen-bond donors (Lipinski definition) is 0. The van der Waals surface area contributed by atoms with E-state index in [4.69, 9.17) is 0 Å². The molecule has 96 valence electrons. The van der Waals surface area contributed by atoms with E-state index in [0.29, 0.717) is 5.41 Å². The molecule has 0 saturated carbocycles. The Morgan fingerprint density at radius 2 is 1.81 bits per heavy atom. The fraction of sp³-hybridized carbons (Fsp3) is 1.00. The monoisotopic (exact) mass is 290 g/mol. The van der Waals surface area contributed by atoms with Crippen molar-refractivity contribution >= 4 is 15.9 Å². The zero-order chi connectivity index (χ0) is 12.2. The molecule has 1 aliphatic heterocycles. The molecule has 0 N–H and O–H groups in total. The summed E-state index contributed by atoms with van der Waals surface area (Å²) < 4.78 is 0. The second-order valence-corrected chi connectivity index (χ2v) is 6.84. The Hall–Kier alpha value is 0.400. The summed E-state index contributed by atoms with van der Waals surface area (Å²) in [5.74, 6) is 0.915. The number of hydrogen-bond acceptors (Lipinski definition) is 2. The van der Waals surface area contributed by atoms with Crippen LogP contribution in [0.1, 0.15) is 26.7 Å². The van der Waals surface area contributed by atoms with Crippen molar-refractivity contribution in [1.82, 2.24) is 9.80 Å². The molecular weight excluding hydrogens is 264 g/mol. The first-order valence-electron chi connectivity index (χ1n) is 6.36. The average molecular weight is 291 g/mol. The van der Waals surface area contributed by atoms with Crippen LogP contribution in [0, 0.1) is 11.3 Å². The number of alkyl halides is 1. The SMILES string of the molecule is CN(C)CC1CCN(CC(C)(C)CBr)CC1. The molecule has 1 rings (SSSR count). The molecule has 1 fully saturated rings. The molecule has 0 spiro atoms. The van der Waals surface area contributed by atoms with Gasteiger partial charge in [0.25, 0.3) is 0 Å². The van der Waals surface area contributed by atoms with E-state index in [1.165, 1.54) is 39.0 Å². The van der Waals surface area contributed by atoms with Crippen LogP contribution in [0.4, 0.5) is 0 Å². The normalized spacial score (nSPS) is 20.6. The zero-order valence-corrected chi connectivity index (χ0v) is 12.9. The molecule has 3 heteroatoms. The van der Waals surface area contributed by atoms with Gasteiger partial charge in [-0.2, -0.15) is 0 Å². The van der Waals surface area contributed by atoms with Crippen molar-refractivity contribution in [3.05, 3.63) is 0 Å². The molecule has 0 unspecified atom stereocenters. The highest BCUT2D eigenvalue weighted by Crippen LogP contribution is 2.24. The summed E-state index contributed by atoms with van der Waals surface area (Å²) in [7, 11) is 4.36. The number of likely N-dealkylation sites (tertiary alicyclic amines) is 1. The van der Waals surface area contributed by atoms with Crippen LogP contribution in [0.2, 0.25) is 0 Å². The van der Waals surface area contributed by atoms with E-state index in [1.54, 1.807) is 0 Å². The van der Waals surface area contributed by atoms with Crippen molar-refractivity contribution < 1.29 is 0 Å². The van der Waals surface area contributed by atoms with Gasteiger partial charge in [-0.05, 0) is 51.4 Å². The van der Waals surface area contributed by atoms with Crippen molar-refractivity contribution in [2.45, 2.75) is 26.7 Å². The second-order valence-electron chi connectivity index (χ2n) is 6.28. The minimum Gasteiger partial charge on any atom is -0.309 e. The van der Waals surface area contributed by atoms with Crippen LogP contribution in [0.25, 0.3) is 0 Å². The third-order valence-corrected chi connectivity index (χ3v) is 4.86. The maximum absolute atomic E-state index is 3.61. The van der Waals surface area contributed by atoms with E-state index in [1.807, 2.05) is 0 Å². The van der Waals surface area contributed by atoms with Crippen LogP contribution in [0.3, 0.4) is 0 Å². The van der Waals surface area contributed by atoms with Gasteiger partial charge in [0.2, 0.25) is 0 Å². The van der Waals surface area contributed by atoms with Gasteiger partial charge in [-0.3, -0.25) is 0 Å².